The summed E-state index contributed by atoms with van der Waals surface area (Å²) in [5.74, 6) is 0. The number of hydrogen-bond acceptors (Lipinski definition) is 7. The molecule has 0 saturated carbocycles. The van der Waals surface area contributed by atoms with E-state index in [4.69, 9.17) is 4.74 Å². The van der Waals surface area contributed by atoms with Crippen molar-refractivity contribution >= 4 is 22.7 Å². The van der Waals surface area contributed by atoms with Crippen LogP contribution in [0, 0.1) is 0 Å². The predicted octanol–water partition coefficient (Wildman–Crippen LogP) is 2.15. The molecule has 3 aromatic heterocycles. The molecule has 0 aromatic carbocycles. The van der Waals surface area contributed by atoms with E-state index in [-0.39, 0.29) is 6.10 Å². The van der Waals surface area contributed by atoms with E-state index in [1.54, 1.807) is 22.7 Å². The second kappa shape index (κ2) is 6.25. The van der Waals surface area contributed by atoms with Crippen molar-refractivity contribution in [3.63, 3.8) is 0 Å². The number of thiazole rings is 1. The largest absolute Gasteiger partial charge is 0.369 e. The first-order valence-electron chi connectivity index (χ1n) is 7.06. The third-order valence-electron chi connectivity index (χ3n) is 3.60. The van der Waals surface area contributed by atoms with Crippen molar-refractivity contribution in [3.8, 4) is 11.3 Å². The van der Waals surface area contributed by atoms with Gasteiger partial charge in [0.25, 0.3) is 0 Å². The normalized spacial score (nSPS) is 17.5. The van der Waals surface area contributed by atoms with Gasteiger partial charge in [0.2, 0.25) is 0 Å². The van der Waals surface area contributed by atoms with Crippen LogP contribution in [0.15, 0.2) is 28.4 Å². The molecule has 0 unspecified atom stereocenters. The molecule has 22 heavy (non-hydrogen) atoms. The maximum atomic E-state index is 5.94. The first-order valence-corrected chi connectivity index (χ1v) is 8.88. The Morgan fingerprint density at radius 2 is 2.41 bits per heavy atom. The third-order valence-corrected chi connectivity index (χ3v) is 5.06. The highest BCUT2D eigenvalue weighted by Gasteiger charge is 2.24. The zero-order chi connectivity index (χ0) is 14.8. The van der Waals surface area contributed by atoms with Crippen LogP contribution in [-0.4, -0.2) is 32.6 Å². The van der Waals surface area contributed by atoms with E-state index >= 15 is 0 Å². The van der Waals surface area contributed by atoms with Gasteiger partial charge in [0.05, 0.1) is 24.9 Å². The molecular formula is C14H15N5OS2. The van der Waals surface area contributed by atoms with Crippen molar-refractivity contribution in [1.82, 2.24) is 25.3 Å². The average molecular weight is 333 g/mol. The maximum Gasteiger partial charge on any atom is 0.119 e. The van der Waals surface area contributed by atoms with Gasteiger partial charge in [-0.2, -0.15) is 11.3 Å². The van der Waals surface area contributed by atoms with Crippen LogP contribution in [0.2, 0.25) is 0 Å². The molecule has 1 aliphatic rings. The molecule has 114 valence electrons. The highest BCUT2D eigenvalue weighted by atomic mass is 32.1. The van der Waals surface area contributed by atoms with Crippen molar-refractivity contribution in [2.45, 2.75) is 25.8 Å². The summed E-state index contributed by atoms with van der Waals surface area (Å²) in [4.78, 5) is 4.26. The van der Waals surface area contributed by atoms with Crippen molar-refractivity contribution in [2.24, 2.45) is 0 Å². The van der Waals surface area contributed by atoms with E-state index in [0.29, 0.717) is 6.61 Å². The van der Waals surface area contributed by atoms with Gasteiger partial charge in [0, 0.05) is 35.6 Å². The van der Waals surface area contributed by atoms with Crippen LogP contribution < -0.4 is 5.32 Å². The van der Waals surface area contributed by atoms with Gasteiger partial charge >= 0.3 is 0 Å². The Balaban J connectivity index is 1.38. The molecular weight excluding hydrogens is 318 g/mol. The number of nitrogens with zero attached hydrogens (tertiary/aromatic N) is 4. The van der Waals surface area contributed by atoms with Crippen LogP contribution in [0.25, 0.3) is 11.3 Å². The van der Waals surface area contributed by atoms with Crippen LogP contribution in [0.1, 0.15) is 10.7 Å². The SMILES string of the molecule is c1csc(CNC[C@H]2Cn3nnc(-c4ccsc4)c3CO2)n1. The minimum absolute atomic E-state index is 0.115. The number of hydrogen-bond donors (Lipinski definition) is 1. The van der Waals surface area contributed by atoms with Gasteiger partial charge in [-0.05, 0) is 11.4 Å². The summed E-state index contributed by atoms with van der Waals surface area (Å²) in [5, 5.41) is 19.2. The minimum atomic E-state index is 0.115. The van der Waals surface area contributed by atoms with Crippen LogP contribution in [0.3, 0.4) is 0 Å². The van der Waals surface area contributed by atoms with Crippen molar-refractivity contribution < 1.29 is 4.74 Å². The molecule has 0 spiro atoms. The molecule has 0 saturated heterocycles. The quantitative estimate of drug-likeness (QED) is 0.775. The standard InChI is InChI=1S/C14H15N5OS2/c1-3-21-9-10(1)14-12-8-20-11(7-19(12)18-17-14)5-15-6-13-16-2-4-22-13/h1-4,9,11,15H,5-8H2/t11-/m0/s1. The van der Waals surface area contributed by atoms with Gasteiger partial charge in [0.1, 0.15) is 10.7 Å². The van der Waals surface area contributed by atoms with Crippen LogP contribution >= 0.6 is 22.7 Å². The summed E-state index contributed by atoms with van der Waals surface area (Å²) in [7, 11) is 0. The molecule has 0 fully saturated rings. The van der Waals surface area contributed by atoms with Crippen LogP contribution in [0.5, 0.6) is 0 Å². The lowest BCUT2D eigenvalue weighted by Crippen LogP contribution is -2.36. The van der Waals surface area contributed by atoms with E-state index in [2.05, 4.69) is 37.4 Å². The van der Waals surface area contributed by atoms with E-state index in [1.165, 1.54) is 0 Å². The smallest absolute Gasteiger partial charge is 0.119 e. The second-order valence-corrected chi connectivity index (χ2v) is 6.83. The van der Waals surface area contributed by atoms with E-state index in [1.807, 2.05) is 16.3 Å². The summed E-state index contributed by atoms with van der Waals surface area (Å²) in [6, 6.07) is 2.07. The highest BCUT2D eigenvalue weighted by Crippen LogP contribution is 2.26. The third kappa shape index (κ3) is 2.82. The zero-order valence-electron chi connectivity index (χ0n) is 11.8. The fourth-order valence-corrected chi connectivity index (χ4v) is 3.72. The lowest BCUT2D eigenvalue weighted by molar-refractivity contribution is 0.00125. The van der Waals surface area contributed by atoms with Gasteiger partial charge in [-0.1, -0.05) is 5.21 Å². The molecule has 1 atom stereocenters. The molecule has 0 amide bonds. The Hall–Kier alpha value is -1.61. The van der Waals surface area contributed by atoms with Crippen LogP contribution in [-0.2, 0) is 24.4 Å². The Bertz CT molecular complexity index is 723. The van der Waals surface area contributed by atoms with Crippen LogP contribution in [0.4, 0.5) is 0 Å². The zero-order valence-corrected chi connectivity index (χ0v) is 13.4. The van der Waals surface area contributed by atoms with Gasteiger partial charge in [0.15, 0.2) is 0 Å². The summed E-state index contributed by atoms with van der Waals surface area (Å²) in [5.41, 5.74) is 3.13. The molecule has 0 radical (unpaired) electrons. The number of fused-ring (bicyclic) bond motifs is 1. The molecule has 0 bridgehead atoms. The molecule has 4 heterocycles. The van der Waals surface area contributed by atoms with E-state index in [0.717, 1.165) is 41.6 Å². The number of ether oxygens (including phenoxy) is 1. The van der Waals surface area contributed by atoms with Gasteiger partial charge in [-0.25, -0.2) is 9.67 Å². The molecule has 4 rings (SSSR count). The fraction of sp³-hybridized carbons (Fsp3) is 0.357. The number of nitrogens with one attached hydrogen (secondary N) is 1. The highest BCUT2D eigenvalue weighted by molar-refractivity contribution is 7.09. The summed E-state index contributed by atoms with van der Waals surface area (Å²) >= 11 is 3.32. The van der Waals surface area contributed by atoms with Crippen molar-refractivity contribution in [3.05, 3.63) is 39.1 Å². The lowest BCUT2D eigenvalue weighted by Gasteiger charge is -2.24. The van der Waals surface area contributed by atoms with Gasteiger partial charge in [-0.15, -0.1) is 16.4 Å². The molecule has 0 aliphatic carbocycles. The molecule has 6 nitrogen and oxygen atoms in total. The predicted molar refractivity (Wildman–Crippen MR) is 85.7 cm³/mol. The minimum Gasteiger partial charge on any atom is -0.369 e. The summed E-state index contributed by atoms with van der Waals surface area (Å²) in [6.45, 7) is 2.85. The van der Waals surface area contributed by atoms with Crippen molar-refractivity contribution in [1.29, 1.82) is 0 Å². The van der Waals surface area contributed by atoms with E-state index < -0.39 is 0 Å². The maximum absolute atomic E-state index is 5.94. The fourth-order valence-electron chi connectivity index (χ4n) is 2.49. The van der Waals surface area contributed by atoms with E-state index in [9.17, 15) is 0 Å². The number of rotatable bonds is 5. The Morgan fingerprint density at radius 3 is 3.23 bits per heavy atom. The monoisotopic (exact) mass is 333 g/mol. The van der Waals surface area contributed by atoms with Crippen molar-refractivity contribution in [2.75, 3.05) is 6.54 Å². The van der Waals surface area contributed by atoms with Gasteiger partial charge < -0.3 is 10.1 Å². The summed E-state index contributed by atoms with van der Waals surface area (Å²) < 4.78 is 7.91. The first-order chi connectivity index (χ1) is 10.9. The molecule has 8 heteroatoms. The number of thiophene rings is 1. The molecule has 1 aliphatic heterocycles. The Morgan fingerprint density at radius 1 is 1.41 bits per heavy atom. The lowest BCUT2D eigenvalue weighted by atomic mass is 10.2. The molecule has 3 aromatic rings. The topological polar surface area (TPSA) is 64.9 Å². The first kappa shape index (κ1) is 14.0. The Labute approximate surface area is 135 Å². The van der Waals surface area contributed by atoms with Gasteiger partial charge in [-0.3, -0.25) is 0 Å². The Kier molecular flexibility index (Phi) is 3.98. The second-order valence-electron chi connectivity index (χ2n) is 5.07. The average Bonchev–Trinajstić information content (AvgIpc) is 3.28. The number of aromatic nitrogens is 4. The molecule has 1 N–H and O–H groups in total. The summed E-state index contributed by atoms with van der Waals surface area (Å²) in [6.07, 6.45) is 1.94.